The highest BCUT2D eigenvalue weighted by molar-refractivity contribution is 5.90. The molecule has 1 aromatic carbocycles. The SMILES string of the molecule is CC(C)(C)c1noc(CCCC(=O)Nc2ccc(CCO)cc2)n1. The number of rotatable bonds is 7. The molecule has 1 aromatic heterocycles. The molecule has 0 radical (unpaired) electrons. The minimum Gasteiger partial charge on any atom is -0.396 e. The van der Waals surface area contributed by atoms with E-state index in [0.29, 0.717) is 37.4 Å². The van der Waals surface area contributed by atoms with Gasteiger partial charge in [0, 0.05) is 30.6 Å². The Morgan fingerprint density at radius 1 is 1.21 bits per heavy atom. The summed E-state index contributed by atoms with van der Waals surface area (Å²) in [4.78, 5) is 16.3. The van der Waals surface area contributed by atoms with Crippen molar-refractivity contribution in [2.75, 3.05) is 11.9 Å². The number of carbonyl (C=O) groups is 1. The molecule has 1 heterocycles. The fraction of sp³-hybridized carbons (Fsp3) is 0.500. The average molecular weight is 331 g/mol. The van der Waals surface area contributed by atoms with E-state index in [1.54, 1.807) is 0 Å². The first kappa shape index (κ1) is 18.1. The van der Waals surface area contributed by atoms with Crippen molar-refractivity contribution in [2.45, 2.75) is 51.9 Å². The van der Waals surface area contributed by atoms with Crippen molar-refractivity contribution in [1.82, 2.24) is 10.1 Å². The summed E-state index contributed by atoms with van der Waals surface area (Å²) in [6, 6.07) is 7.49. The lowest BCUT2D eigenvalue weighted by atomic mass is 9.96. The lowest BCUT2D eigenvalue weighted by Crippen LogP contribution is -2.13. The van der Waals surface area contributed by atoms with Gasteiger partial charge in [0.2, 0.25) is 11.8 Å². The third-order valence-electron chi connectivity index (χ3n) is 3.57. The van der Waals surface area contributed by atoms with Crippen molar-refractivity contribution >= 4 is 11.6 Å². The van der Waals surface area contributed by atoms with Gasteiger partial charge in [-0.2, -0.15) is 4.98 Å². The molecule has 0 aliphatic rings. The molecular formula is C18H25N3O3. The number of aryl methyl sites for hydroxylation is 1. The Bertz CT molecular complexity index is 657. The summed E-state index contributed by atoms with van der Waals surface area (Å²) < 4.78 is 5.21. The predicted molar refractivity (Wildman–Crippen MR) is 91.8 cm³/mol. The van der Waals surface area contributed by atoms with Crippen molar-refractivity contribution in [3.8, 4) is 0 Å². The van der Waals surface area contributed by atoms with Crippen LogP contribution in [0.2, 0.25) is 0 Å². The Morgan fingerprint density at radius 3 is 2.50 bits per heavy atom. The molecule has 130 valence electrons. The van der Waals surface area contributed by atoms with Gasteiger partial charge < -0.3 is 14.9 Å². The Morgan fingerprint density at radius 2 is 1.92 bits per heavy atom. The van der Waals surface area contributed by atoms with E-state index in [1.165, 1.54) is 0 Å². The molecule has 0 unspecified atom stereocenters. The number of aromatic nitrogens is 2. The molecule has 0 spiro atoms. The standard InChI is InChI=1S/C18H25N3O3/c1-18(2,3)17-20-16(24-21-17)6-4-5-15(23)19-14-9-7-13(8-10-14)11-12-22/h7-10,22H,4-6,11-12H2,1-3H3,(H,19,23). The number of hydrogen-bond donors (Lipinski definition) is 2. The normalized spacial score (nSPS) is 11.5. The van der Waals surface area contributed by atoms with E-state index in [1.807, 2.05) is 45.0 Å². The van der Waals surface area contributed by atoms with Crippen molar-refractivity contribution in [3.05, 3.63) is 41.5 Å². The summed E-state index contributed by atoms with van der Waals surface area (Å²) in [6.45, 7) is 6.21. The van der Waals surface area contributed by atoms with E-state index < -0.39 is 0 Å². The predicted octanol–water partition coefficient (Wildman–Crippen LogP) is 2.86. The van der Waals surface area contributed by atoms with Crippen LogP contribution in [0, 0.1) is 0 Å². The zero-order chi connectivity index (χ0) is 17.6. The second-order valence-electron chi connectivity index (χ2n) is 6.83. The van der Waals surface area contributed by atoms with Crippen LogP contribution in [-0.4, -0.2) is 27.8 Å². The van der Waals surface area contributed by atoms with Crippen LogP contribution in [0.1, 0.15) is 50.9 Å². The molecule has 6 heteroatoms. The Balaban J connectivity index is 1.76. The number of nitrogens with one attached hydrogen (secondary N) is 1. The summed E-state index contributed by atoms with van der Waals surface area (Å²) in [5.74, 6) is 1.21. The molecule has 2 N–H and O–H groups in total. The number of amides is 1. The van der Waals surface area contributed by atoms with Gasteiger partial charge in [0.15, 0.2) is 5.82 Å². The third kappa shape index (κ3) is 5.45. The lowest BCUT2D eigenvalue weighted by molar-refractivity contribution is -0.116. The minimum atomic E-state index is -0.138. The van der Waals surface area contributed by atoms with E-state index in [9.17, 15) is 4.79 Å². The molecule has 24 heavy (non-hydrogen) atoms. The maximum atomic E-state index is 12.0. The van der Waals surface area contributed by atoms with Gasteiger partial charge in [0.25, 0.3) is 0 Å². The van der Waals surface area contributed by atoms with Crippen molar-refractivity contribution in [1.29, 1.82) is 0 Å². The van der Waals surface area contributed by atoms with Gasteiger partial charge in [-0.05, 0) is 30.5 Å². The maximum Gasteiger partial charge on any atom is 0.226 e. The monoisotopic (exact) mass is 331 g/mol. The summed E-state index contributed by atoms with van der Waals surface area (Å²) in [5, 5.41) is 15.7. The largest absolute Gasteiger partial charge is 0.396 e. The number of anilines is 1. The fourth-order valence-corrected chi connectivity index (χ4v) is 2.17. The summed E-state index contributed by atoms with van der Waals surface area (Å²) in [7, 11) is 0. The smallest absolute Gasteiger partial charge is 0.226 e. The quantitative estimate of drug-likeness (QED) is 0.814. The highest BCUT2D eigenvalue weighted by Gasteiger charge is 2.20. The molecule has 2 aromatic rings. The van der Waals surface area contributed by atoms with E-state index in [-0.39, 0.29) is 17.9 Å². The summed E-state index contributed by atoms with van der Waals surface area (Å²) in [5.41, 5.74) is 1.66. The van der Waals surface area contributed by atoms with Crippen LogP contribution in [0.3, 0.4) is 0 Å². The van der Waals surface area contributed by atoms with Gasteiger partial charge in [-0.1, -0.05) is 38.1 Å². The zero-order valence-electron chi connectivity index (χ0n) is 14.5. The summed E-state index contributed by atoms with van der Waals surface area (Å²) >= 11 is 0. The molecule has 0 saturated heterocycles. The first-order valence-electron chi connectivity index (χ1n) is 8.21. The number of carbonyl (C=O) groups excluding carboxylic acids is 1. The van der Waals surface area contributed by atoms with Crippen LogP contribution >= 0.6 is 0 Å². The van der Waals surface area contributed by atoms with Gasteiger partial charge >= 0.3 is 0 Å². The first-order valence-corrected chi connectivity index (χ1v) is 8.21. The van der Waals surface area contributed by atoms with Gasteiger partial charge in [-0.25, -0.2) is 0 Å². The number of benzene rings is 1. The highest BCUT2D eigenvalue weighted by atomic mass is 16.5. The minimum absolute atomic E-state index is 0.0412. The van der Waals surface area contributed by atoms with E-state index >= 15 is 0 Å². The van der Waals surface area contributed by atoms with E-state index in [2.05, 4.69) is 15.5 Å². The Kier molecular flexibility index (Phi) is 6.09. The molecule has 0 atom stereocenters. The third-order valence-corrected chi connectivity index (χ3v) is 3.57. The second kappa shape index (κ2) is 8.06. The topological polar surface area (TPSA) is 88.2 Å². The lowest BCUT2D eigenvalue weighted by Gasteiger charge is -2.10. The van der Waals surface area contributed by atoms with Crippen LogP contribution in [0.4, 0.5) is 5.69 Å². The van der Waals surface area contributed by atoms with Crippen LogP contribution in [0.15, 0.2) is 28.8 Å². The van der Waals surface area contributed by atoms with E-state index in [4.69, 9.17) is 9.63 Å². The molecule has 6 nitrogen and oxygen atoms in total. The van der Waals surface area contributed by atoms with E-state index in [0.717, 1.165) is 11.3 Å². The highest BCUT2D eigenvalue weighted by Crippen LogP contribution is 2.19. The number of nitrogens with zero attached hydrogens (tertiary/aromatic N) is 2. The molecule has 0 aliphatic heterocycles. The maximum absolute atomic E-state index is 12.0. The molecule has 2 rings (SSSR count). The van der Waals surface area contributed by atoms with Crippen LogP contribution in [0.5, 0.6) is 0 Å². The molecule has 0 saturated carbocycles. The van der Waals surface area contributed by atoms with Crippen LogP contribution in [-0.2, 0) is 23.1 Å². The molecule has 0 fully saturated rings. The zero-order valence-corrected chi connectivity index (χ0v) is 14.5. The molecule has 0 bridgehead atoms. The van der Waals surface area contributed by atoms with Crippen molar-refractivity contribution in [2.24, 2.45) is 0 Å². The van der Waals surface area contributed by atoms with Gasteiger partial charge in [0.1, 0.15) is 0 Å². The molecular weight excluding hydrogens is 306 g/mol. The van der Waals surface area contributed by atoms with Crippen molar-refractivity contribution in [3.63, 3.8) is 0 Å². The van der Waals surface area contributed by atoms with Crippen LogP contribution < -0.4 is 5.32 Å². The Hall–Kier alpha value is -2.21. The second-order valence-corrected chi connectivity index (χ2v) is 6.83. The summed E-state index contributed by atoms with van der Waals surface area (Å²) in [6.07, 6.45) is 2.26. The van der Waals surface area contributed by atoms with Crippen molar-refractivity contribution < 1.29 is 14.4 Å². The number of aliphatic hydroxyl groups is 1. The van der Waals surface area contributed by atoms with Gasteiger partial charge in [-0.15, -0.1) is 0 Å². The number of hydrogen-bond acceptors (Lipinski definition) is 5. The number of aliphatic hydroxyl groups excluding tert-OH is 1. The van der Waals surface area contributed by atoms with Crippen LogP contribution in [0.25, 0.3) is 0 Å². The van der Waals surface area contributed by atoms with Gasteiger partial charge in [0.05, 0.1) is 0 Å². The Labute approximate surface area is 142 Å². The average Bonchev–Trinajstić information content (AvgIpc) is 2.99. The fourth-order valence-electron chi connectivity index (χ4n) is 2.17. The van der Waals surface area contributed by atoms with Gasteiger partial charge in [-0.3, -0.25) is 4.79 Å². The molecule has 1 amide bonds. The molecule has 0 aliphatic carbocycles. The first-order chi connectivity index (χ1) is 11.4.